The molecular weight excluding hydrogens is 478 g/mol. The van der Waals surface area contributed by atoms with E-state index in [0.717, 1.165) is 40.5 Å². The summed E-state index contributed by atoms with van der Waals surface area (Å²) in [5, 5.41) is 9.31. The zero-order chi connectivity index (χ0) is 24.2. The molecule has 2 N–H and O–H groups in total. The quantitative estimate of drug-likeness (QED) is 0.340. The number of aliphatic hydroxyl groups excluding tert-OH is 1. The van der Waals surface area contributed by atoms with Crippen LogP contribution in [0.25, 0.3) is 0 Å². The van der Waals surface area contributed by atoms with Gasteiger partial charge in [-0.15, -0.1) is 0 Å². The van der Waals surface area contributed by atoms with E-state index in [2.05, 4.69) is 15.0 Å². The van der Waals surface area contributed by atoms with E-state index in [0.29, 0.717) is 0 Å². The lowest BCUT2D eigenvalue weighted by Gasteiger charge is -2.20. The first-order valence-corrected chi connectivity index (χ1v) is 11.9. The zero-order valence-corrected chi connectivity index (χ0v) is 19.2. The molecule has 33 heavy (non-hydrogen) atoms. The number of hydrogen-bond acceptors (Lipinski definition) is 8. The molecule has 2 heterocycles. The molecule has 176 valence electrons. The first-order valence-electron chi connectivity index (χ1n) is 9.51. The van der Waals surface area contributed by atoms with Gasteiger partial charge < -0.3 is 14.8 Å². The first kappa shape index (κ1) is 24.6. The fraction of sp³-hybridized carbons (Fsp3) is 0.250. The molecule has 1 aromatic carbocycles. The van der Waals surface area contributed by atoms with Crippen molar-refractivity contribution in [2.75, 3.05) is 18.0 Å². The van der Waals surface area contributed by atoms with Crippen LogP contribution in [0.1, 0.15) is 12.5 Å². The molecule has 0 saturated heterocycles. The molecule has 0 fully saturated rings. The number of aromatic amines is 1. The smallest absolute Gasteiger partial charge is 0.266 e. The van der Waals surface area contributed by atoms with Crippen molar-refractivity contribution < 1.29 is 27.0 Å². The number of anilines is 1. The van der Waals surface area contributed by atoms with Gasteiger partial charge in [-0.3, -0.25) is 9.10 Å². The molecule has 0 saturated carbocycles. The Hall–Kier alpha value is -3.03. The number of rotatable bonds is 9. The normalized spacial score (nSPS) is 12.4. The minimum absolute atomic E-state index is 0.0210. The SMILES string of the molecule is C[C@H](CO)Oc1cc(N(C)S(=O)(=O)c2ccc(=O)[nH]c2)nc(SCc2cccc(F)c2F)n1. The molecule has 0 aliphatic rings. The van der Waals surface area contributed by atoms with Crippen molar-refractivity contribution >= 4 is 27.6 Å². The van der Waals surface area contributed by atoms with Crippen LogP contribution in [-0.4, -0.2) is 48.2 Å². The summed E-state index contributed by atoms with van der Waals surface area (Å²) in [5.41, 5.74) is -0.384. The van der Waals surface area contributed by atoms with E-state index in [-0.39, 0.29) is 39.7 Å². The van der Waals surface area contributed by atoms with Crippen LogP contribution in [0.2, 0.25) is 0 Å². The lowest BCUT2D eigenvalue weighted by atomic mass is 10.2. The highest BCUT2D eigenvalue weighted by Crippen LogP contribution is 2.29. The van der Waals surface area contributed by atoms with Crippen LogP contribution in [0.5, 0.6) is 5.88 Å². The second-order valence-electron chi connectivity index (χ2n) is 6.82. The predicted molar refractivity (Wildman–Crippen MR) is 118 cm³/mol. The van der Waals surface area contributed by atoms with Crippen LogP contribution in [0.3, 0.4) is 0 Å². The van der Waals surface area contributed by atoms with Gasteiger partial charge in [0.2, 0.25) is 11.4 Å². The number of thioether (sulfide) groups is 1. The topological polar surface area (TPSA) is 125 Å². The Morgan fingerprint density at radius 1 is 1.24 bits per heavy atom. The number of ether oxygens (including phenoxy) is 1. The predicted octanol–water partition coefficient (Wildman–Crippen LogP) is 2.32. The molecule has 0 bridgehead atoms. The van der Waals surface area contributed by atoms with Gasteiger partial charge in [-0.05, 0) is 19.1 Å². The summed E-state index contributed by atoms with van der Waals surface area (Å²) in [6, 6.07) is 7.27. The molecule has 0 spiro atoms. The monoisotopic (exact) mass is 498 g/mol. The molecule has 13 heteroatoms. The maximum Gasteiger partial charge on any atom is 0.266 e. The van der Waals surface area contributed by atoms with Crippen LogP contribution in [0.4, 0.5) is 14.6 Å². The number of H-pyrrole nitrogens is 1. The molecule has 0 unspecified atom stereocenters. The second-order valence-corrected chi connectivity index (χ2v) is 9.73. The Bertz CT molecular complexity index is 1280. The fourth-order valence-corrected chi connectivity index (χ4v) is 4.49. The summed E-state index contributed by atoms with van der Waals surface area (Å²) in [7, 11) is -2.85. The third-order valence-corrected chi connectivity index (χ3v) is 7.03. The number of halogens is 2. The number of nitrogens with zero attached hydrogens (tertiary/aromatic N) is 3. The molecule has 2 aromatic heterocycles. The van der Waals surface area contributed by atoms with Gasteiger partial charge in [0.05, 0.1) is 6.61 Å². The second kappa shape index (κ2) is 10.3. The summed E-state index contributed by atoms with van der Waals surface area (Å²) in [6.45, 7) is 1.26. The highest BCUT2D eigenvalue weighted by molar-refractivity contribution is 7.98. The van der Waals surface area contributed by atoms with E-state index in [9.17, 15) is 27.1 Å². The number of sulfonamides is 1. The van der Waals surface area contributed by atoms with Crippen molar-refractivity contribution in [3.63, 3.8) is 0 Å². The minimum Gasteiger partial charge on any atom is -0.472 e. The Labute approximate surface area is 192 Å². The number of pyridine rings is 1. The molecule has 9 nitrogen and oxygen atoms in total. The largest absolute Gasteiger partial charge is 0.472 e. The summed E-state index contributed by atoms with van der Waals surface area (Å²) in [5.74, 6) is -2.11. The van der Waals surface area contributed by atoms with Gasteiger partial charge in [-0.2, -0.15) is 4.98 Å². The Morgan fingerprint density at radius 2 is 2.00 bits per heavy atom. The van der Waals surface area contributed by atoms with E-state index in [4.69, 9.17) is 4.74 Å². The first-order chi connectivity index (χ1) is 15.6. The van der Waals surface area contributed by atoms with E-state index >= 15 is 0 Å². The molecule has 3 rings (SSSR count). The van der Waals surface area contributed by atoms with Crippen LogP contribution in [0, 0.1) is 11.6 Å². The van der Waals surface area contributed by atoms with Crippen molar-refractivity contribution in [3.8, 4) is 5.88 Å². The molecule has 0 radical (unpaired) electrons. The van der Waals surface area contributed by atoms with Gasteiger partial charge in [-0.1, -0.05) is 23.9 Å². The van der Waals surface area contributed by atoms with Gasteiger partial charge in [0.25, 0.3) is 10.0 Å². The van der Waals surface area contributed by atoms with Gasteiger partial charge in [-0.25, -0.2) is 22.2 Å². The molecule has 1 atom stereocenters. The number of nitrogens with one attached hydrogen (secondary N) is 1. The lowest BCUT2D eigenvalue weighted by Crippen LogP contribution is -2.28. The van der Waals surface area contributed by atoms with Crippen LogP contribution in [-0.2, 0) is 15.8 Å². The van der Waals surface area contributed by atoms with Crippen molar-refractivity contribution in [2.24, 2.45) is 0 Å². The number of aromatic nitrogens is 3. The van der Waals surface area contributed by atoms with Crippen LogP contribution in [0.15, 0.2) is 57.4 Å². The Balaban J connectivity index is 1.95. The van der Waals surface area contributed by atoms with Crippen molar-refractivity contribution in [2.45, 2.75) is 28.8 Å². The highest BCUT2D eigenvalue weighted by atomic mass is 32.2. The Morgan fingerprint density at radius 3 is 2.67 bits per heavy atom. The summed E-state index contributed by atoms with van der Waals surface area (Å²) in [4.78, 5) is 21.8. The minimum atomic E-state index is -4.11. The van der Waals surface area contributed by atoms with Gasteiger partial charge in [0.1, 0.15) is 11.0 Å². The zero-order valence-electron chi connectivity index (χ0n) is 17.5. The average Bonchev–Trinajstić information content (AvgIpc) is 2.79. The third kappa shape index (κ3) is 5.86. The van der Waals surface area contributed by atoms with Gasteiger partial charge >= 0.3 is 0 Å². The van der Waals surface area contributed by atoms with Crippen LogP contribution >= 0.6 is 11.8 Å². The highest BCUT2D eigenvalue weighted by Gasteiger charge is 2.24. The molecular formula is C20H20F2N4O5S2. The molecule has 0 aliphatic carbocycles. The summed E-state index contributed by atoms with van der Waals surface area (Å²) < 4.78 is 59.8. The fourth-order valence-electron chi connectivity index (χ4n) is 2.56. The Kier molecular flexibility index (Phi) is 7.66. The van der Waals surface area contributed by atoms with E-state index < -0.39 is 33.3 Å². The third-order valence-electron chi connectivity index (χ3n) is 4.37. The number of aliphatic hydroxyl groups is 1. The standard InChI is InChI=1S/C20H20F2N4O5S2/c1-12(10-27)31-18-8-16(26(2)33(29,30)14-6-7-17(28)23-9-14)24-20(25-18)32-11-13-4-3-5-15(21)19(13)22/h3-9,12,27H,10-11H2,1-2H3,(H,23,28)/t12-/m1/s1. The van der Waals surface area contributed by atoms with E-state index in [1.807, 2.05) is 0 Å². The van der Waals surface area contributed by atoms with Gasteiger partial charge in [0.15, 0.2) is 22.6 Å². The van der Waals surface area contributed by atoms with E-state index in [1.54, 1.807) is 6.92 Å². The molecule has 0 aliphatic heterocycles. The summed E-state index contributed by atoms with van der Waals surface area (Å²) in [6.07, 6.45) is 0.413. The molecule has 0 amide bonds. The van der Waals surface area contributed by atoms with Crippen LogP contribution < -0.4 is 14.6 Å². The van der Waals surface area contributed by atoms with Gasteiger partial charge in [0, 0.05) is 36.7 Å². The van der Waals surface area contributed by atoms with E-state index in [1.165, 1.54) is 25.2 Å². The molecule has 3 aromatic rings. The number of benzene rings is 1. The maximum atomic E-state index is 14.0. The van der Waals surface area contributed by atoms with Crippen molar-refractivity contribution in [1.82, 2.24) is 15.0 Å². The number of hydrogen-bond donors (Lipinski definition) is 2. The summed E-state index contributed by atoms with van der Waals surface area (Å²) >= 11 is 0.945. The van der Waals surface area contributed by atoms with Crippen molar-refractivity contribution in [1.29, 1.82) is 0 Å². The average molecular weight is 499 g/mol. The van der Waals surface area contributed by atoms with Crippen molar-refractivity contribution in [3.05, 3.63) is 70.1 Å². The lowest BCUT2D eigenvalue weighted by molar-refractivity contribution is 0.124. The maximum absolute atomic E-state index is 14.0.